The van der Waals surface area contributed by atoms with Crippen LogP contribution >= 0.6 is 0 Å². The fraction of sp³-hybridized carbons (Fsp3) is 0.444. The smallest absolute Gasteiger partial charge is 0.219 e. The first kappa shape index (κ1) is 24.4. The average Bonchev–Trinajstić information content (AvgIpc) is 3.56. The quantitative estimate of drug-likeness (QED) is 0.440. The molecule has 4 aromatic rings. The second-order valence-corrected chi connectivity index (χ2v) is 10.2. The average molecular weight is 516 g/mol. The summed E-state index contributed by atoms with van der Waals surface area (Å²) in [5, 5.41) is 13.3. The minimum atomic E-state index is 0.121. The van der Waals surface area contributed by atoms with Crippen molar-refractivity contribution in [2.45, 2.75) is 51.7 Å². The van der Waals surface area contributed by atoms with E-state index in [0.717, 1.165) is 53.1 Å². The number of piperazine rings is 1. The molecule has 6 rings (SSSR count). The van der Waals surface area contributed by atoms with Gasteiger partial charge < -0.3 is 20.3 Å². The molecule has 2 saturated heterocycles. The van der Waals surface area contributed by atoms with E-state index in [9.17, 15) is 4.79 Å². The maximum Gasteiger partial charge on any atom is 0.219 e. The van der Waals surface area contributed by atoms with Crippen LogP contribution in [0.4, 0.5) is 11.5 Å². The monoisotopic (exact) mass is 515 g/mol. The van der Waals surface area contributed by atoms with Gasteiger partial charge in [-0.1, -0.05) is 17.3 Å². The van der Waals surface area contributed by atoms with Crippen LogP contribution in [0, 0.1) is 0 Å². The van der Waals surface area contributed by atoms with Gasteiger partial charge in [0.05, 0.1) is 23.6 Å². The number of hydrogen-bond acceptors (Lipinski definition) is 8. The molecule has 38 heavy (non-hydrogen) atoms. The van der Waals surface area contributed by atoms with Crippen molar-refractivity contribution in [2.75, 3.05) is 36.9 Å². The fourth-order valence-corrected chi connectivity index (χ4v) is 5.90. The number of aromatic nitrogens is 6. The molecule has 2 atom stereocenters. The van der Waals surface area contributed by atoms with Crippen LogP contribution in [-0.4, -0.2) is 78.8 Å². The molecular formula is C27H33N9O2. The number of anilines is 2. The number of carbonyl (C=O) groups excluding carboxylic acids is 1. The lowest BCUT2D eigenvalue weighted by Crippen LogP contribution is -2.58. The molecule has 5 heterocycles. The summed E-state index contributed by atoms with van der Waals surface area (Å²) in [7, 11) is 0. The summed E-state index contributed by atoms with van der Waals surface area (Å²) in [5.41, 5.74) is 12.0. The van der Waals surface area contributed by atoms with Crippen molar-refractivity contribution in [3.05, 3.63) is 42.9 Å². The summed E-state index contributed by atoms with van der Waals surface area (Å²) in [6.45, 7) is 8.84. The highest BCUT2D eigenvalue weighted by atomic mass is 16.5. The number of fused-ring (bicyclic) bond motifs is 1. The van der Waals surface area contributed by atoms with Gasteiger partial charge in [0.1, 0.15) is 11.8 Å². The minimum absolute atomic E-state index is 0.121. The van der Waals surface area contributed by atoms with Gasteiger partial charge in [0.2, 0.25) is 5.91 Å². The zero-order valence-corrected chi connectivity index (χ0v) is 22.0. The Kier molecular flexibility index (Phi) is 6.22. The molecule has 11 heteroatoms. The zero-order chi connectivity index (χ0) is 26.4. The first-order valence-electron chi connectivity index (χ1n) is 13.2. The second-order valence-electron chi connectivity index (χ2n) is 10.2. The molecule has 0 spiro atoms. The normalized spacial score (nSPS) is 20.8. The van der Waals surface area contributed by atoms with E-state index in [0.29, 0.717) is 25.6 Å². The van der Waals surface area contributed by atoms with E-state index in [-0.39, 0.29) is 24.0 Å². The standard InChI is InChI=1S/C27H33N9O2/c1-17-18(2)34(10-9-33(17)19(3)37)22-6-4-5-20(13-22)24-14-23(26-27(28)29-16-31-36(24)26)25-15-30-32-35(25)21-7-11-38-12-8-21/h4-6,13-18,21H,7-12H2,1-3H3,(H2,28,29,31). The van der Waals surface area contributed by atoms with Gasteiger partial charge in [0.15, 0.2) is 5.82 Å². The third-order valence-electron chi connectivity index (χ3n) is 8.11. The number of ether oxygens (including phenoxy) is 1. The largest absolute Gasteiger partial charge is 0.382 e. The van der Waals surface area contributed by atoms with Crippen LogP contribution in [-0.2, 0) is 9.53 Å². The van der Waals surface area contributed by atoms with E-state index in [1.807, 2.05) is 14.1 Å². The second kappa shape index (κ2) is 9.71. The Labute approximate surface area is 221 Å². The maximum atomic E-state index is 12.1. The molecule has 0 radical (unpaired) electrons. The summed E-state index contributed by atoms with van der Waals surface area (Å²) in [6.07, 6.45) is 5.04. The number of benzene rings is 1. The van der Waals surface area contributed by atoms with Gasteiger partial charge in [-0.2, -0.15) is 5.10 Å². The summed E-state index contributed by atoms with van der Waals surface area (Å²) < 4.78 is 9.41. The van der Waals surface area contributed by atoms with Crippen LogP contribution in [0.2, 0.25) is 0 Å². The number of carbonyl (C=O) groups is 1. The lowest BCUT2D eigenvalue weighted by atomic mass is 10.0. The molecule has 3 aromatic heterocycles. The molecular weight excluding hydrogens is 482 g/mol. The molecule has 198 valence electrons. The van der Waals surface area contributed by atoms with E-state index in [4.69, 9.17) is 10.5 Å². The maximum absolute atomic E-state index is 12.1. The van der Waals surface area contributed by atoms with Gasteiger partial charge in [-0.3, -0.25) is 4.79 Å². The highest BCUT2D eigenvalue weighted by molar-refractivity contribution is 5.91. The molecule has 2 N–H and O–H groups in total. The Morgan fingerprint density at radius 3 is 2.68 bits per heavy atom. The first-order chi connectivity index (χ1) is 18.4. The summed E-state index contributed by atoms with van der Waals surface area (Å²) in [4.78, 5) is 20.7. The van der Waals surface area contributed by atoms with Crippen LogP contribution in [0.25, 0.3) is 28.0 Å². The molecule has 2 fully saturated rings. The van der Waals surface area contributed by atoms with Gasteiger partial charge in [-0.15, -0.1) is 5.10 Å². The summed E-state index contributed by atoms with van der Waals surface area (Å²) in [6, 6.07) is 11.1. The Balaban J connectivity index is 1.42. The molecule has 11 nitrogen and oxygen atoms in total. The SMILES string of the molecule is CC(=O)N1CCN(c2cccc(-c3cc(-c4cnnn4C4CCOCC4)c4c(N)ncnn34)c2)C(C)C1C. The summed E-state index contributed by atoms with van der Waals surface area (Å²) in [5.74, 6) is 0.525. The number of nitrogen functional groups attached to an aromatic ring is 1. The van der Waals surface area contributed by atoms with Gasteiger partial charge in [0, 0.05) is 62.1 Å². The number of rotatable bonds is 4. The Bertz CT molecular complexity index is 1470. The minimum Gasteiger partial charge on any atom is -0.382 e. The van der Waals surface area contributed by atoms with Gasteiger partial charge in [0.25, 0.3) is 0 Å². The fourth-order valence-electron chi connectivity index (χ4n) is 5.90. The van der Waals surface area contributed by atoms with E-state index < -0.39 is 0 Å². The molecule has 2 aliphatic heterocycles. The highest BCUT2D eigenvalue weighted by Gasteiger charge is 2.32. The number of hydrogen-bond donors (Lipinski definition) is 1. The Morgan fingerprint density at radius 2 is 1.89 bits per heavy atom. The van der Waals surface area contributed by atoms with Gasteiger partial charge >= 0.3 is 0 Å². The van der Waals surface area contributed by atoms with E-state index in [1.165, 1.54) is 6.33 Å². The first-order valence-corrected chi connectivity index (χ1v) is 13.2. The third-order valence-corrected chi connectivity index (χ3v) is 8.11. The predicted molar refractivity (Wildman–Crippen MR) is 145 cm³/mol. The molecule has 2 unspecified atom stereocenters. The van der Waals surface area contributed by atoms with Crippen molar-refractivity contribution >= 4 is 22.9 Å². The Morgan fingerprint density at radius 1 is 1.08 bits per heavy atom. The molecule has 0 saturated carbocycles. The van der Waals surface area contributed by atoms with Crippen molar-refractivity contribution in [1.29, 1.82) is 0 Å². The topological polar surface area (TPSA) is 120 Å². The number of nitrogens with two attached hydrogens (primary N) is 1. The van der Waals surface area contributed by atoms with Crippen LogP contribution in [0.3, 0.4) is 0 Å². The van der Waals surface area contributed by atoms with E-state index >= 15 is 0 Å². The van der Waals surface area contributed by atoms with E-state index in [1.54, 1.807) is 13.1 Å². The van der Waals surface area contributed by atoms with Crippen molar-refractivity contribution in [3.63, 3.8) is 0 Å². The molecule has 1 aromatic carbocycles. The highest BCUT2D eigenvalue weighted by Crippen LogP contribution is 2.37. The van der Waals surface area contributed by atoms with Crippen molar-refractivity contribution in [3.8, 4) is 22.5 Å². The molecule has 0 bridgehead atoms. The zero-order valence-electron chi connectivity index (χ0n) is 22.0. The van der Waals surface area contributed by atoms with Gasteiger partial charge in [-0.05, 0) is 44.9 Å². The van der Waals surface area contributed by atoms with Gasteiger partial charge in [-0.25, -0.2) is 14.2 Å². The van der Waals surface area contributed by atoms with Crippen LogP contribution < -0.4 is 10.6 Å². The molecule has 2 aliphatic rings. The lowest BCUT2D eigenvalue weighted by Gasteiger charge is -2.46. The van der Waals surface area contributed by atoms with Crippen molar-refractivity contribution < 1.29 is 9.53 Å². The van der Waals surface area contributed by atoms with Crippen LogP contribution in [0.5, 0.6) is 0 Å². The lowest BCUT2D eigenvalue weighted by molar-refractivity contribution is -0.131. The Hall–Kier alpha value is -3.99. The molecule has 1 amide bonds. The predicted octanol–water partition coefficient (Wildman–Crippen LogP) is 3.03. The number of nitrogens with zero attached hydrogens (tertiary/aromatic N) is 8. The van der Waals surface area contributed by atoms with Crippen LogP contribution in [0.1, 0.15) is 39.7 Å². The van der Waals surface area contributed by atoms with Crippen LogP contribution in [0.15, 0.2) is 42.9 Å². The van der Waals surface area contributed by atoms with E-state index in [2.05, 4.69) is 69.5 Å². The number of amides is 1. The van der Waals surface area contributed by atoms with Crippen molar-refractivity contribution in [2.24, 2.45) is 0 Å². The third kappa shape index (κ3) is 4.07. The van der Waals surface area contributed by atoms with Crippen molar-refractivity contribution in [1.82, 2.24) is 34.5 Å². The molecule has 0 aliphatic carbocycles. The summed E-state index contributed by atoms with van der Waals surface area (Å²) >= 11 is 0.